The van der Waals surface area contributed by atoms with E-state index in [1.807, 2.05) is 0 Å². The number of nitrogen functional groups attached to an aromatic ring is 1. The molecular formula is C10H12N5O3. The maximum atomic E-state index is 11.6. The fourth-order valence-corrected chi connectivity index (χ4v) is 2.04. The van der Waals surface area contributed by atoms with Gasteiger partial charge >= 0.3 is 0 Å². The number of hydrogen-bond acceptors (Lipinski definition) is 6. The molecule has 18 heavy (non-hydrogen) atoms. The molecule has 1 aliphatic heterocycles. The van der Waals surface area contributed by atoms with Gasteiger partial charge in [-0.25, -0.2) is 4.98 Å². The second-order valence-corrected chi connectivity index (χ2v) is 4.21. The summed E-state index contributed by atoms with van der Waals surface area (Å²) in [4.78, 5) is 22.0. The molecule has 1 saturated heterocycles. The molecule has 3 heterocycles. The van der Waals surface area contributed by atoms with Crippen molar-refractivity contribution in [2.24, 2.45) is 0 Å². The Labute approximate surface area is 101 Å². The molecule has 0 spiro atoms. The Morgan fingerprint density at radius 2 is 2.44 bits per heavy atom. The Morgan fingerprint density at radius 1 is 1.67 bits per heavy atom. The minimum absolute atomic E-state index is 0.0129. The van der Waals surface area contributed by atoms with Gasteiger partial charge in [0, 0.05) is 6.42 Å². The number of anilines is 1. The molecule has 3 atom stereocenters. The van der Waals surface area contributed by atoms with Crippen LogP contribution in [0.5, 0.6) is 0 Å². The minimum atomic E-state index is -0.646. The molecule has 0 bridgehead atoms. The van der Waals surface area contributed by atoms with Crippen molar-refractivity contribution in [3.63, 3.8) is 0 Å². The Morgan fingerprint density at radius 3 is 3.11 bits per heavy atom. The van der Waals surface area contributed by atoms with Gasteiger partial charge in [0.2, 0.25) is 5.95 Å². The number of aliphatic hydroxyl groups excluding tert-OH is 1. The Kier molecular flexibility index (Phi) is 2.35. The highest BCUT2D eigenvalue weighted by Crippen LogP contribution is 2.29. The molecule has 0 unspecified atom stereocenters. The molecule has 4 N–H and O–H groups in total. The predicted octanol–water partition coefficient (Wildman–Crippen LogP) is -0.816. The zero-order valence-corrected chi connectivity index (χ0v) is 9.41. The van der Waals surface area contributed by atoms with Crippen LogP contribution in [0, 0.1) is 6.92 Å². The summed E-state index contributed by atoms with van der Waals surface area (Å²) >= 11 is 0. The van der Waals surface area contributed by atoms with E-state index in [0.717, 1.165) is 0 Å². The van der Waals surface area contributed by atoms with Crippen molar-refractivity contribution in [3.05, 3.63) is 23.6 Å². The van der Waals surface area contributed by atoms with Crippen LogP contribution in [0.15, 0.2) is 11.1 Å². The summed E-state index contributed by atoms with van der Waals surface area (Å²) in [6.07, 6.45) is 0.218. The number of H-pyrrole nitrogens is 1. The van der Waals surface area contributed by atoms with Crippen LogP contribution in [0.1, 0.15) is 12.6 Å². The van der Waals surface area contributed by atoms with E-state index in [9.17, 15) is 9.90 Å². The van der Waals surface area contributed by atoms with Crippen molar-refractivity contribution in [2.75, 3.05) is 5.73 Å². The average molecular weight is 250 g/mol. The van der Waals surface area contributed by atoms with Gasteiger partial charge in [-0.2, -0.15) is 4.98 Å². The second kappa shape index (κ2) is 3.79. The summed E-state index contributed by atoms with van der Waals surface area (Å²) in [6.45, 7) is 3.67. The van der Waals surface area contributed by atoms with Gasteiger partial charge in [-0.1, -0.05) is 0 Å². The van der Waals surface area contributed by atoms with Crippen LogP contribution in [0.2, 0.25) is 0 Å². The van der Waals surface area contributed by atoms with Crippen LogP contribution in [-0.4, -0.2) is 36.8 Å². The van der Waals surface area contributed by atoms with E-state index >= 15 is 0 Å². The van der Waals surface area contributed by atoms with E-state index in [4.69, 9.17) is 10.5 Å². The maximum absolute atomic E-state index is 11.6. The Balaban J connectivity index is 2.11. The smallest absolute Gasteiger partial charge is 0.280 e. The van der Waals surface area contributed by atoms with Crippen LogP contribution in [0.3, 0.4) is 0 Å². The van der Waals surface area contributed by atoms with Crippen LogP contribution >= 0.6 is 0 Å². The lowest BCUT2D eigenvalue weighted by molar-refractivity contribution is 0.00750. The SMILES string of the molecule is [CH2][C@H]1O[C@@H](n2cnc3c(=O)[nH]c(N)nc32)C[C@@H]1O. The molecule has 3 rings (SSSR count). The predicted molar refractivity (Wildman–Crippen MR) is 62.5 cm³/mol. The van der Waals surface area contributed by atoms with Crippen LogP contribution in [-0.2, 0) is 4.74 Å². The van der Waals surface area contributed by atoms with E-state index in [2.05, 4.69) is 21.9 Å². The van der Waals surface area contributed by atoms with Crippen molar-refractivity contribution in [3.8, 4) is 0 Å². The highest BCUT2D eigenvalue weighted by atomic mass is 16.5. The standard InChI is InChI=1S/C10H12N5O3/c1-4-5(16)2-6(18-4)15-3-12-7-8(15)13-10(11)14-9(7)17/h3-6,16H,1-2H2,(H3,11,13,14,17)/t4-,5+,6-/m1/s1. The van der Waals surface area contributed by atoms with Crippen molar-refractivity contribution >= 4 is 17.1 Å². The highest BCUT2D eigenvalue weighted by Gasteiger charge is 2.33. The Bertz CT molecular complexity index is 638. The lowest BCUT2D eigenvalue weighted by Crippen LogP contribution is -2.16. The minimum Gasteiger partial charge on any atom is -0.390 e. The number of fused-ring (bicyclic) bond motifs is 1. The van der Waals surface area contributed by atoms with E-state index in [0.29, 0.717) is 12.1 Å². The third-order valence-corrected chi connectivity index (χ3v) is 2.97. The molecule has 8 heteroatoms. The molecule has 1 radical (unpaired) electrons. The normalized spacial score (nSPS) is 28.0. The van der Waals surface area contributed by atoms with E-state index in [1.165, 1.54) is 6.33 Å². The molecule has 95 valence electrons. The molecule has 8 nitrogen and oxygen atoms in total. The quantitative estimate of drug-likeness (QED) is 0.608. The van der Waals surface area contributed by atoms with Gasteiger partial charge in [-0.3, -0.25) is 14.3 Å². The number of nitrogens with two attached hydrogens (primary N) is 1. The fourth-order valence-electron chi connectivity index (χ4n) is 2.04. The number of imidazole rings is 1. The average Bonchev–Trinajstić information content (AvgIpc) is 2.83. The number of aromatic amines is 1. The topological polar surface area (TPSA) is 119 Å². The summed E-state index contributed by atoms with van der Waals surface area (Å²) < 4.78 is 7.05. The summed E-state index contributed by atoms with van der Waals surface area (Å²) in [5.74, 6) is 0.0129. The number of nitrogens with zero attached hydrogens (tertiary/aromatic N) is 3. The first kappa shape index (κ1) is 11.2. The number of nitrogens with one attached hydrogen (secondary N) is 1. The summed E-state index contributed by atoms with van der Waals surface area (Å²) in [5.41, 5.74) is 5.62. The molecule has 1 aliphatic rings. The van der Waals surface area contributed by atoms with Gasteiger partial charge in [-0.15, -0.1) is 0 Å². The van der Waals surface area contributed by atoms with Crippen molar-refractivity contribution in [1.29, 1.82) is 0 Å². The molecule has 0 saturated carbocycles. The fraction of sp³-hybridized carbons (Fsp3) is 0.400. The molecule has 2 aromatic heterocycles. The van der Waals surface area contributed by atoms with Crippen LogP contribution < -0.4 is 11.3 Å². The van der Waals surface area contributed by atoms with Gasteiger partial charge in [0.25, 0.3) is 5.56 Å². The molecule has 0 aromatic carbocycles. The van der Waals surface area contributed by atoms with Crippen molar-refractivity contribution < 1.29 is 9.84 Å². The van der Waals surface area contributed by atoms with E-state index < -0.39 is 24.0 Å². The molecule has 0 aliphatic carbocycles. The number of hydrogen-bond donors (Lipinski definition) is 3. The highest BCUT2D eigenvalue weighted by molar-refractivity contribution is 5.70. The number of rotatable bonds is 1. The van der Waals surface area contributed by atoms with Gasteiger partial charge in [0.1, 0.15) is 6.23 Å². The number of aromatic nitrogens is 4. The van der Waals surface area contributed by atoms with Crippen molar-refractivity contribution in [1.82, 2.24) is 19.5 Å². The maximum Gasteiger partial charge on any atom is 0.280 e. The molecule has 2 aromatic rings. The number of aliphatic hydroxyl groups is 1. The molecule has 0 amide bonds. The molecule has 1 fully saturated rings. The third-order valence-electron chi connectivity index (χ3n) is 2.97. The van der Waals surface area contributed by atoms with E-state index in [-0.39, 0.29) is 11.5 Å². The Hall–Kier alpha value is -1.93. The first-order valence-corrected chi connectivity index (χ1v) is 5.45. The molecular weight excluding hydrogens is 238 g/mol. The second-order valence-electron chi connectivity index (χ2n) is 4.21. The lowest BCUT2D eigenvalue weighted by Gasteiger charge is -2.12. The number of ether oxygens (including phenoxy) is 1. The van der Waals surface area contributed by atoms with Gasteiger partial charge in [0.15, 0.2) is 11.2 Å². The third kappa shape index (κ3) is 1.57. The first-order chi connectivity index (χ1) is 8.56. The zero-order chi connectivity index (χ0) is 12.9. The largest absolute Gasteiger partial charge is 0.390 e. The van der Waals surface area contributed by atoms with Gasteiger partial charge in [-0.05, 0) is 6.92 Å². The van der Waals surface area contributed by atoms with Gasteiger partial charge in [0.05, 0.1) is 18.5 Å². The van der Waals surface area contributed by atoms with E-state index in [1.54, 1.807) is 4.57 Å². The summed E-state index contributed by atoms with van der Waals surface area (Å²) in [7, 11) is 0. The summed E-state index contributed by atoms with van der Waals surface area (Å²) in [5, 5.41) is 9.61. The monoisotopic (exact) mass is 250 g/mol. The zero-order valence-electron chi connectivity index (χ0n) is 9.41. The lowest BCUT2D eigenvalue weighted by atomic mass is 10.2. The van der Waals surface area contributed by atoms with Crippen LogP contribution in [0.4, 0.5) is 5.95 Å². The first-order valence-electron chi connectivity index (χ1n) is 5.45. The summed E-state index contributed by atoms with van der Waals surface area (Å²) in [6, 6.07) is 0. The van der Waals surface area contributed by atoms with Crippen LogP contribution in [0.25, 0.3) is 11.2 Å². The van der Waals surface area contributed by atoms with Crippen molar-refractivity contribution in [2.45, 2.75) is 24.9 Å². The van der Waals surface area contributed by atoms with Gasteiger partial charge < -0.3 is 15.6 Å².